The van der Waals surface area contributed by atoms with E-state index in [0.717, 1.165) is 10.6 Å². The molecule has 6 unspecified atom stereocenters. The Kier molecular flexibility index (Phi) is 7.99. The number of hydrogen-bond donors (Lipinski definition) is 2. The molecule has 4 aromatic rings. The number of allylic oxidation sites excluding steroid dienone is 2. The summed E-state index contributed by atoms with van der Waals surface area (Å²) in [5, 5.41) is 12.9. The molecule has 6 atom stereocenters. The largest absolute Gasteiger partial charge is 0.508 e. The fraction of sp³-hybridized carbons (Fsp3) is 0.200. The zero-order valence-corrected chi connectivity index (χ0v) is 29.3. The fourth-order valence-electron chi connectivity index (χ4n) is 8.77. The van der Waals surface area contributed by atoms with Gasteiger partial charge in [0.1, 0.15) is 11.6 Å². The molecule has 0 radical (unpaired) electrons. The first-order valence-electron chi connectivity index (χ1n) is 16.5. The van der Waals surface area contributed by atoms with Crippen molar-refractivity contribution in [3.05, 3.63) is 141 Å². The SMILES string of the molecule is C=Cc1ccc(N2C(=O)C3CC=C4C(CC5C(=O)N(Nc6ccc(F)cc6)C(=O)C5(c5ccc(Cl)cc5)C4c4cc(Br)ccc4O)C3C2=O)cc1. The first-order chi connectivity index (χ1) is 24.5. The number of fused-ring (bicyclic) bond motifs is 4. The number of nitrogens with one attached hydrogen (secondary N) is 1. The molecule has 2 heterocycles. The van der Waals surface area contributed by atoms with E-state index in [1.54, 1.807) is 66.7 Å². The molecule has 8 nitrogen and oxygen atoms in total. The average Bonchev–Trinajstić information content (AvgIpc) is 3.51. The third-order valence-corrected chi connectivity index (χ3v) is 11.7. The van der Waals surface area contributed by atoms with E-state index in [1.807, 2.05) is 6.08 Å². The number of phenolic OH excluding ortho intramolecular Hbond substituents is 1. The molecule has 2 saturated heterocycles. The number of rotatable bonds is 6. The lowest BCUT2D eigenvalue weighted by atomic mass is 9.49. The maximum Gasteiger partial charge on any atom is 0.260 e. The van der Waals surface area contributed by atoms with Crippen LogP contribution in [0, 0.1) is 29.5 Å². The lowest BCUT2D eigenvalue weighted by Gasteiger charge is -2.50. The molecule has 1 saturated carbocycles. The van der Waals surface area contributed by atoms with Crippen molar-refractivity contribution in [1.82, 2.24) is 5.01 Å². The van der Waals surface area contributed by atoms with E-state index in [4.69, 9.17) is 11.6 Å². The van der Waals surface area contributed by atoms with Gasteiger partial charge in [-0.05, 0) is 96.6 Å². The molecule has 8 rings (SSSR count). The molecule has 11 heteroatoms. The van der Waals surface area contributed by atoms with Gasteiger partial charge in [-0.2, -0.15) is 5.01 Å². The second-order valence-corrected chi connectivity index (χ2v) is 14.7. The van der Waals surface area contributed by atoms with Crippen molar-refractivity contribution < 1.29 is 28.7 Å². The molecule has 0 bridgehead atoms. The van der Waals surface area contributed by atoms with Crippen LogP contribution in [0.5, 0.6) is 5.75 Å². The Morgan fingerprint density at radius 2 is 1.61 bits per heavy atom. The van der Waals surface area contributed by atoms with Crippen LogP contribution >= 0.6 is 27.5 Å². The van der Waals surface area contributed by atoms with Gasteiger partial charge in [0, 0.05) is 21.0 Å². The lowest BCUT2D eigenvalue weighted by molar-refractivity contribution is -0.138. The number of phenols is 1. The summed E-state index contributed by atoms with van der Waals surface area (Å²) in [4.78, 5) is 59.6. The quantitative estimate of drug-likeness (QED) is 0.153. The first kappa shape index (κ1) is 33.1. The summed E-state index contributed by atoms with van der Waals surface area (Å²) in [5.74, 6) is -6.46. The minimum Gasteiger partial charge on any atom is -0.508 e. The van der Waals surface area contributed by atoms with E-state index in [-0.39, 0.29) is 30.4 Å². The third-order valence-electron chi connectivity index (χ3n) is 10.9. The molecule has 4 amide bonds. The number of hydrogen-bond acceptors (Lipinski definition) is 6. The molecule has 4 aromatic carbocycles. The van der Waals surface area contributed by atoms with Crippen LogP contribution in [0.2, 0.25) is 5.02 Å². The number of hydrazine groups is 1. The number of halogens is 3. The summed E-state index contributed by atoms with van der Waals surface area (Å²) in [6.07, 6.45) is 3.91. The highest BCUT2D eigenvalue weighted by molar-refractivity contribution is 9.10. The van der Waals surface area contributed by atoms with Crippen molar-refractivity contribution in [2.75, 3.05) is 10.3 Å². The number of carbonyl (C=O) groups is 4. The molecule has 4 aliphatic rings. The van der Waals surface area contributed by atoms with Crippen LogP contribution in [-0.4, -0.2) is 33.7 Å². The van der Waals surface area contributed by atoms with Gasteiger partial charge in [0.25, 0.3) is 11.8 Å². The Balaban J connectivity index is 1.32. The van der Waals surface area contributed by atoms with Crippen LogP contribution in [0.1, 0.15) is 35.4 Å². The molecular formula is C40H30BrClFN3O5. The number of benzene rings is 4. The van der Waals surface area contributed by atoms with Crippen molar-refractivity contribution in [2.24, 2.45) is 23.7 Å². The molecule has 256 valence electrons. The number of nitrogens with zero attached hydrogens (tertiary/aromatic N) is 2. The van der Waals surface area contributed by atoms with Gasteiger partial charge in [-0.1, -0.05) is 76.1 Å². The highest BCUT2D eigenvalue weighted by Gasteiger charge is 2.70. The lowest BCUT2D eigenvalue weighted by Crippen LogP contribution is -2.53. The van der Waals surface area contributed by atoms with Crippen molar-refractivity contribution >= 4 is 68.6 Å². The smallest absolute Gasteiger partial charge is 0.260 e. The standard InChI is InChI=1S/C40H30BrClFN3O5/c1-2-21-3-14-27(15-4-21)45-36(48)29-17-16-28-30(34(29)38(45)50)20-32-37(49)46(44-26-12-10-25(43)11-13-26)39(51)40(32,22-5-8-24(42)9-6-22)35(28)31-19-23(41)7-18-33(31)47/h2-16,18-19,29-30,32,34-35,44,47H,1,17,20H2. The normalized spacial score (nSPS) is 26.8. The Hall–Kier alpha value is -5.06. The summed E-state index contributed by atoms with van der Waals surface area (Å²) in [5.41, 5.74) is 4.51. The maximum atomic E-state index is 15.2. The zero-order valence-electron chi connectivity index (χ0n) is 26.9. The molecule has 51 heavy (non-hydrogen) atoms. The predicted molar refractivity (Wildman–Crippen MR) is 194 cm³/mol. The van der Waals surface area contributed by atoms with Crippen LogP contribution in [0.15, 0.2) is 114 Å². The Bertz CT molecular complexity index is 2170. The molecule has 3 fully saturated rings. The van der Waals surface area contributed by atoms with Crippen LogP contribution in [-0.2, 0) is 24.6 Å². The number of anilines is 2. The van der Waals surface area contributed by atoms with Crippen molar-refractivity contribution in [3.63, 3.8) is 0 Å². The van der Waals surface area contributed by atoms with Crippen molar-refractivity contribution in [3.8, 4) is 5.75 Å². The van der Waals surface area contributed by atoms with E-state index in [0.29, 0.717) is 37.6 Å². The van der Waals surface area contributed by atoms with E-state index in [2.05, 4.69) is 27.9 Å². The number of carbonyl (C=O) groups excluding carboxylic acids is 4. The first-order valence-corrected chi connectivity index (χ1v) is 17.7. The number of imide groups is 2. The molecular weight excluding hydrogens is 737 g/mol. The second kappa shape index (κ2) is 12.3. The molecule has 0 spiro atoms. The van der Waals surface area contributed by atoms with Gasteiger partial charge < -0.3 is 5.11 Å². The molecule has 2 aliphatic heterocycles. The van der Waals surface area contributed by atoms with Crippen molar-refractivity contribution in [2.45, 2.75) is 24.2 Å². The number of amides is 4. The summed E-state index contributed by atoms with van der Waals surface area (Å²) >= 11 is 9.88. The van der Waals surface area contributed by atoms with Crippen LogP contribution < -0.4 is 10.3 Å². The van der Waals surface area contributed by atoms with Gasteiger partial charge in [-0.3, -0.25) is 29.5 Å². The topological polar surface area (TPSA) is 107 Å². The Labute approximate surface area is 306 Å². The summed E-state index contributed by atoms with van der Waals surface area (Å²) in [6, 6.07) is 24.0. The molecule has 2 aliphatic carbocycles. The minimum absolute atomic E-state index is 0.0787. The van der Waals surface area contributed by atoms with Crippen LogP contribution in [0.4, 0.5) is 15.8 Å². The van der Waals surface area contributed by atoms with Gasteiger partial charge in [0.05, 0.1) is 34.5 Å². The summed E-state index contributed by atoms with van der Waals surface area (Å²) in [6.45, 7) is 3.78. The Morgan fingerprint density at radius 1 is 0.902 bits per heavy atom. The van der Waals surface area contributed by atoms with Gasteiger partial charge in [-0.15, -0.1) is 0 Å². The highest BCUT2D eigenvalue weighted by Crippen LogP contribution is 2.65. The minimum atomic E-state index is -1.60. The third kappa shape index (κ3) is 4.98. The number of aromatic hydroxyl groups is 1. The van der Waals surface area contributed by atoms with Gasteiger partial charge in [0.2, 0.25) is 11.8 Å². The van der Waals surface area contributed by atoms with Crippen LogP contribution in [0.25, 0.3) is 6.08 Å². The van der Waals surface area contributed by atoms with Crippen LogP contribution in [0.3, 0.4) is 0 Å². The van der Waals surface area contributed by atoms with Gasteiger partial charge >= 0.3 is 0 Å². The zero-order chi connectivity index (χ0) is 35.8. The van der Waals surface area contributed by atoms with E-state index < -0.39 is 52.6 Å². The highest BCUT2D eigenvalue weighted by atomic mass is 79.9. The predicted octanol–water partition coefficient (Wildman–Crippen LogP) is 7.78. The average molecular weight is 767 g/mol. The Morgan fingerprint density at radius 3 is 2.29 bits per heavy atom. The van der Waals surface area contributed by atoms with E-state index >= 15 is 4.79 Å². The fourth-order valence-corrected chi connectivity index (χ4v) is 9.28. The van der Waals surface area contributed by atoms with E-state index in [1.165, 1.54) is 35.2 Å². The van der Waals surface area contributed by atoms with Gasteiger partial charge in [-0.25, -0.2) is 4.39 Å². The summed E-state index contributed by atoms with van der Waals surface area (Å²) < 4.78 is 14.5. The molecule has 2 N–H and O–H groups in total. The van der Waals surface area contributed by atoms with Crippen molar-refractivity contribution in [1.29, 1.82) is 0 Å². The van der Waals surface area contributed by atoms with E-state index in [9.17, 15) is 23.9 Å². The van der Waals surface area contributed by atoms with Gasteiger partial charge in [0.15, 0.2) is 0 Å². The monoisotopic (exact) mass is 765 g/mol. The maximum absolute atomic E-state index is 15.2. The second-order valence-electron chi connectivity index (χ2n) is 13.4. The summed E-state index contributed by atoms with van der Waals surface area (Å²) in [7, 11) is 0. The molecule has 0 aromatic heterocycles.